The number of aliphatic hydroxyl groups is 1. The van der Waals surface area contributed by atoms with Crippen molar-refractivity contribution in [1.29, 1.82) is 0 Å². The van der Waals surface area contributed by atoms with E-state index in [1.807, 2.05) is 41.5 Å². The third kappa shape index (κ3) is 11.9. The Morgan fingerprint density at radius 2 is 1.24 bits per heavy atom. The van der Waals surface area contributed by atoms with Gasteiger partial charge in [-0.15, -0.1) is 6.58 Å². The molecule has 8 atom stereocenters. The van der Waals surface area contributed by atoms with Gasteiger partial charge < -0.3 is 38.0 Å². The van der Waals surface area contributed by atoms with Crippen molar-refractivity contribution >= 4 is 8.32 Å². The second-order valence-electron chi connectivity index (χ2n) is 17.0. The maximum absolute atomic E-state index is 9.53. The topological polar surface area (TPSA) is 84.8 Å². The van der Waals surface area contributed by atoms with Crippen LogP contribution in [0.1, 0.15) is 133 Å². The van der Waals surface area contributed by atoms with Crippen molar-refractivity contribution in [1.82, 2.24) is 0 Å². The molecule has 1 N–H and O–H groups in total. The van der Waals surface area contributed by atoms with E-state index in [-0.39, 0.29) is 60.3 Å². The van der Waals surface area contributed by atoms with E-state index in [0.29, 0.717) is 6.42 Å². The molecule has 270 valence electrons. The van der Waals surface area contributed by atoms with Gasteiger partial charge in [0, 0.05) is 44.6 Å². The Bertz CT molecular complexity index is 944. The Morgan fingerprint density at radius 3 is 1.70 bits per heavy atom. The molecule has 0 bridgehead atoms. The molecule has 46 heavy (non-hydrogen) atoms. The molecule has 0 amide bonds. The van der Waals surface area contributed by atoms with Gasteiger partial charge in [-0.2, -0.15) is 0 Å². The van der Waals surface area contributed by atoms with Crippen molar-refractivity contribution in [3.63, 3.8) is 0 Å². The van der Waals surface area contributed by atoms with Crippen LogP contribution in [0.4, 0.5) is 0 Å². The maximum atomic E-state index is 9.53. The summed E-state index contributed by atoms with van der Waals surface area (Å²) in [6.45, 7) is 30.2. The molecule has 3 aliphatic rings. The van der Waals surface area contributed by atoms with Gasteiger partial charge in [0.15, 0.2) is 25.7 Å². The quantitative estimate of drug-likeness (QED) is 0.105. The molecule has 0 saturated carbocycles. The van der Waals surface area contributed by atoms with E-state index in [4.69, 9.17) is 32.8 Å². The smallest absolute Gasteiger partial charge is 0.192 e. The zero-order chi connectivity index (χ0) is 34.6. The fraction of sp³-hybridized carbons (Fsp3) is 0.946. The summed E-state index contributed by atoms with van der Waals surface area (Å²) in [7, 11) is -2.02. The van der Waals surface area contributed by atoms with E-state index < -0.39 is 25.7 Å². The average molecular weight is 671 g/mol. The molecular formula is C37H70O8Si. The summed E-state index contributed by atoms with van der Waals surface area (Å²) in [6, 6.07) is 0. The number of ether oxygens (including phenoxy) is 6. The summed E-state index contributed by atoms with van der Waals surface area (Å²) in [5.74, 6) is -2.08. The Hall–Kier alpha value is -0.363. The Kier molecular flexibility index (Phi) is 14.0. The molecule has 0 aliphatic carbocycles. The summed E-state index contributed by atoms with van der Waals surface area (Å²) in [4.78, 5) is 0. The van der Waals surface area contributed by atoms with Crippen LogP contribution in [0.15, 0.2) is 12.7 Å². The summed E-state index contributed by atoms with van der Waals surface area (Å²) in [5.41, 5.74) is 0. The third-order valence-electron chi connectivity index (χ3n) is 10.2. The fourth-order valence-electron chi connectivity index (χ4n) is 7.33. The Labute approximate surface area is 282 Å². The highest BCUT2D eigenvalue weighted by atomic mass is 28.4. The van der Waals surface area contributed by atoms with Crippen LogP contribution in [0.2, 0.25) is 18.1 Å². The summed E-state index contributed by atoms with van der Waals surface area (Å²) in [5, 5.41) is 9.65. The summed E-state index contributed by atoms with van der Waals surface area (Å²) in [6.07, 6.45) is 10.9. The van der Waals surface area contributed by atoms with E-state index in [0.717, 1.165) is 44.9 Å². The molecule has 0 aromatic carbocycles. The minimum absolute atomic E-state index is 0.0126. The Balaban J connectivity index is 1.74. The maximum Gasteiger partial charge on any atom is 0.192 e. The van der Waals surface area contributed by atoms with Crippen molar-refractivity contribution in [3.8, 4) is 0 Å². The van der Waals surface area contributed by atoms with Crippen LogP contribution >= 0.6 is 0 Å². The number of rotatable bonds is 15. The predicted molar refractivity (Wildman–Crippen MR) is 186 cm³/mol. The highest BCUT2D eigenvalue weighted by molar-refractivity contribution is 6.74. The summed E-state index contributed by atoms with van der Waals surface area (Å²) < 4.78 is 45.7. The lowest BCUT2D eigenvalue weighted by Gasteiger charge is -2.48. The molecule has 3 heterocycles. The molecule has 0 unspecified atom stereocenters. The van der Waals surface area contributed by atoms with Gasteiger partial charge in [0.2, 0.25) is 0 Å². The lowest BCUT2D eigenvalue weighted by Crippen LogP contribution is -2.53. The van der Waals surface area contributed by atoms with E-state index >= 15 is 0 Å². The molecule has 3 saturated heterocycles. The van der Waals surface area contributed by atoms with Gasteiger partial charge in [0.1, 0.15) is 0 Å². The van der Waals surface area contributed by atoms with E-state index in [1.54, 1.807) is 0 Å². The lowest BCUT2D eigenvalue weighted by atomic mass is 9.86. The Morgan fingerprint density at radius 1 is 0.783 bits per heavy atom. The largest absolute Gasteiger partial charge is 0.413 e. The van der Waals surface area contributed by atoms with Gasteiger partial charge in [-0.3, -0.25) is 0 Å². The third-order valence-corrected chi connectivity index (χ3v) is 14.7. The molecule has 3 aliphatic heterocycles. The molecule has 0 aromatic heterocycles. The normalized spacial score (nSPS) is 32.9. The SMILES string of the molecule is C=C[C@@H]([C@@H]1C[C@H](C[C@@H]2C[C@H](C[C@@H]3C[C@H](CCO)OC(C)(C)O3)OC(C)(C)O2)OC(C)(C)O1)[C@@H](CCCCC)O[Si](C)(C)C(C)(C)C. The number of hydrogen-bond acceptors (Lipinski definition) is 8. The second-order valence-corrected chi connectivity index (χ2v) is 21.7. The molecule has 3 fully saturated rings. The number of unbranched alkanes of at least 4 members (excludes halogenated alkanes) is 2. The summed E-state index contributed by atoms with van der Waals surface area (Å²) >= 11 is 0. The van der Waals surface area contributed by atoms with Crippen LogP contribution < -0.4 is 0 Å². The van der Waals surface area contributed by atoms with Crippen LogP contribution in [0.5, 0.6) is 0 Å². The average Bonchev–Trinajstić information content (AvgIpc) is 2.85. The zero-order valence-electron chi connectivity index (χ0n) is 31.5. The van der Waals surface area contributed by atoms with Crippen LogP contribution in [-0.4, -0.2) is 80.1 Å². The van der Waals surface area contributed by atoms with Crippen LogP contribution in [0.3, 0.4) is 0 Å². The molecule has 0 spiro atoms. The minimum atomic E-state index is -2.02. The van der Waals surface area contributed by atoms with Crippen LogP contribution in [0, 0.1) is 5.92 Å². The van der Waals surface area contributed by atoms with Gasteiger partial charge in [-0.25, -0.2) is 0 Å². The first-order chi connectivity index (χ1) is 21.2. The molecule has 0 radical (unpaired) electrons. The number of aliphatic hydroxyl groups excluding tert-OH is 1. The zero-order valence-corrected chi connectivity index (χ0v) is 32.5. The highest BCUT2D eigenvalue weighted by Crippen LogP contribution is 2.43. The standard InChI is InChI=1S/C37H70O8Si/c1-14-16-17-18-32(45-46(12,13)34(3,4)5)31(15-2)33-25-30(43-37(10,11)44-33)24-29-23-28(41-36(8,9)42-29)22-27-21-26(19-20-38)39-35(6,7)40-27/h15,26-33,38H,2,14,16-25H2,1,3-13H3/t26-,27-,28-,29-,30-,31+,32+,33-/m0/s1. The molecule has 0 aromatic rings. The van der Waals surface area contributed by atoms with Gasteiger partial charge in [0.05, 0.1) is 42.7 Å². The van der Waals surface area contributed by atoms with Crippen molar-refractivity contribution in [3.05, 3.63) is 12.7 Å². The van der Waals surface area contributed by atoms with Crippen molar-refractivity contribution in [2.24, 2.45) is 5.92 Å². The number of hydrogen-bond donors (Lipinski definition) is 1. The van der Waals surface area contributed by atoms with Gasteiger partial charge in [0.25, 0.3) is 0 Å². The van der Waals surface area contributed by atoms with Gasteiger partial charge >= 0.3 is 0 Å². The van der Waals surface area contributed by atoms with Crippen molar-refractivity contribution in [2.45, 2.75) is 212 Å². The predicted octanol–water partition coefficient (Wildman–Crippen LogP) is 8.65. The molecule has 8 nitrogen and oxygen atoms in total. The highest BCUT2D eigenvalue weighted by Gasteiger charge is 2.47. The van der Waals surface area contributed by atoms with E-state index in [1.165, 1.54) is 12.8 Å². The molecule has 3 rings (SSSR count). The van der Waals surface area contributed by atoms with Crippen LogP contribution in [-0.2, 0) is 32.8 Å². The van der Waals surface area contributed by atoms with Gasteiger partial charge in [-0.05, 0) is 72.5 Å². The molecular weight excluding hydrogens is 600 g/mol. The monoisotopic (exact) mass is 670 g/mol. The van der Waals surface area contributed by atoms with Crippen molar-refractivity contribution in [2.75, 3.05) is 6.61 Å². The minimum Gasteiger partial charge on any atom is -0.413 e. The lowest BCUT2D eigenvalue weighted by molar-refractivity contribution is -0.337. The molecule has 9 heteroatoms. The van der Waals surface area contributed by atoms with Crippen molar-refractivity contribution < 1.29 is 38.0 Å². The fourth-order valence-corrected chi connectivity index (χ4v) is 8.72. The van der Waals surface area contributed by atoms with E-state index in [2.05, 4.69) is 53.4 Å². The first kappa shape index (κ1) is 40.1. The van der Waals surface area contributed by atoms with Crippen LogP contribution in [0.25, 0.3) is 0 Å². The second kappa shape index (κ2) is 16.1. The van der Waals surface area contributed by atoms with Gasteiger partial charge in [-0.1, -0.05) is 53.0 Å². The first-order valence-corrected chi connectivity index (χ1v) is 21.1. The van der Waals surface area contributed by atoms with E-state index in [9.17, 15) is 5.11 Å². The first-order valence-electron chi connectivity index (χ1n) is 18.2.